The fourth-order valence-corrected chi connectivity index (χ4v) is 1.96. The molecule has 2 heterocycles. The minimum atomic E-state index is 0.313. The molecule has 0 fully saturated rings. The molecule has 4 nitrogen and oxygen atoms in total. The number of hydrogen-bond donors (Lipinski definition) is 0. The van der Waals surface area contributed by atoms with Crippen molar-refractivity contribution in [3.05, 3.63) is 29.6 Å². The highest BCUT2D eigenvalue weighted by Crippen LogP contribution is 2.22. The number of aromatic nitrogens is 2. The summed E-state index contributed by atoms with van der Waals surface area (Å²) in [5.74, 6) is 0.710. The fourth-order valence-electron chi connectivity index (χ4n) is 1.27. The Kier molecular flexibility index (Phi) is 3.13. The summed E-state index contributed by atoms with van der Waals surface area (Å²) in [5.41, 5.74) is 0.865. The molecule has 80 valence electrons. The number of thiophene rings is 1. The maximum absolute atomic E-state index is 8.56. The molecular formula is C11H10N4S. The second kappa shape index (κ2) is 4.73. The van der Waals surface area contributed by atoms with Crippen molar-refractivity contribution < 1.29 is 0 Å². The first-order valence-electron chi connectivity index (χ1n) is 4.77. The van der Waals surface area contributed by atoms with Gasteiger partial charge < -0.3 is 4.90 Å². The van der Waals surface area contributed by atoms with Gasteiger partial charge in [-0.15, -0.1) is 21.5 Å². The molecule has 0 aliphatic rings. The molecule has 0 unspecified atom stereocenters. The third-order valence-corrected chi connectivity index (χ3v) is 3.02. The zero-order valence-electron chi connectivity index (χ0n) is 8.79. The van der Waals surface area contributed by atoms with Crippen molar-refractivity contribution in [3.8, 4) is 16.6 Å². The Bertz CT molecular complexity index is 484. The standard InChI is InChI=1S/C11H10N4S/c1-15(7-6-12)11-5-4-9(13-14-11)10-3-2-8-16-10/h2-5,8H,7H2,1H3. The van der Waals surface area contributed by atoms with Crippen LogP contribution in [0.4, 0.5) is 5.82 Å². The lowest BCUT2D eigenvalue weighted by molar-refractivity contribution is 0.935. The Hall–Kier alpha value is -1.93. The summed E-state index contributed by atoms with van der Waals surface area (Å²) >= 11 is 1.63. The van der Waals surface area contributed by atoms with E-state index in [9.17, 15) is 0 Å². The number of rotatable bonds is 3. The minimum absolute atomic E-state index is 0.313. The predicted octanol–water partition coefficient (Wildman–Crippen LogP) is 2.16. The fraction of sp³-hybridized carbons (Fsp3) is 0.182. The first-order valence-corrected chi connectivity index (χ1v) is 5.65. The summed E-state index contributed by atoms with van der Waals surface area (Å²) in [7, 11) is 1.82. The molecule has 0 saturated carbocycles. The number of nitrogens with zero attached hydrogens (tertiary/aromatic N) is 4. The lowest BCUT2D eigenvalue weighted by atomic mass is 10.3. The first-order chi connectivity index (χ1) is 7.81. The average Bonchev–Trinajstić information content (AvgIpc) is 2.83. The lowest BCUT2D eigenvalue weighted by Crippen LogP contribution is -2.18. The molecule has 0 spiro atoms. The molecule has 0 N–H and O–H groups in total. The van der Waals surface area contributed by atoms with Crippen molar-refractivity contribution in [2.24, 2.45) is 0 Å². The predicted molar refractivity (Wildman–Crippen MR) is 64.2 cm³/mol. The van der Waals surface area contributed by atoms with E-state index in [1.165, 1.54) is 0 Å². The van der Waals surface area contributed by atoms with Crippen LogP contribution in [0.5, 0.6) is 0 Å². The summed E-state index contributed by atoms with van der Waals surface area (Å²) in [6.07, 6.45) is 0. The quantitative estimate of drug-likeness (QED) is 0.758. The van der Waals surface area contributed by atoms with Crippen LogP contribution in [0.3, 0.4) is 0 Å². The number of hydrogen-bond acceptors (Lipinski definition) is 5. The van der Waals surface area contributed by atoms with Crippen LogP contribution in [0.1, 0.15) is 0 Å². The van der Waals surface area contributed by atoms with Gasteiger partial charge in [-0.25, -0.2) is 0 Å². The van der Waals surface area contributed by atoms with E-state index in [1.54, 1.807) is 16.2 Å². The van der Waals surface area contributed by atoms with Crippen LogP contribution in [0.2, 0.25) is 0 Å². The normalized spacial score (nSPS) is 9.75. The van der Waals surface area contributed by atoms with Crippen molar-refractivity contribution in [1.29, 1.82) is 5.26 Å². The molecule has 0 bridgehead atoms. The van der Waals surface area contributed by atoms with Gasteiger partial charge in [0, 0.05) is 7.05 Å². The lowest BCUT2D eigenvalue weighted by Gasteiger charge is -2.12. The van der Waals surface area contributed by atoms with E-state index >= 15 is 0 Å². The first kappa shape index (κ1) is 10.6. The SMILES string of the molecule is CN(CC#N)c1ccc(-c2cccs2)nn1. The Labute approximate surface area is 97.8 Å². The number of anilines is 1. The highest BCUT2D eigenvalue weighted by molar-refractivity contribution is 7.13. The van der Waals surface area contributed by atoms with Crippen LogP contribution in [-0.2, 0) is 0 Å². The molecule has 2 aromatic rings. The van der Waals surface area contributed by atoms with E-state index in [0.29, 0.717) is 12.4 Å². The second-order valence-corrected chi connectivity index (χ2v) is 4.22. The van der Waals surface area contributed by atoms with Gasteiger partial charge >= 0.3 is 0 Å². The van der Waals surface area contributed by atoms with Gasteiger partial charge in [0.15, 0.2) is 5.82 Å². The van der Waals surface area contributed by atoms with E-state index in [2.05, 4.69) is 16.3 Å². The summed E-state index contributed by atoms with van der Waals surface area (Å²) < 4.78 is 0. The molecule has 0 aromatic carbocycles. The van der Waals surface area contributed by atoms with Crippen molar-refractivity contribution in [2.75, 3.05) is 18.5 Å². The topological polar surface area (TPSA) is 52.8 Å². The Morgan fingerprint density at radius 1 is 1.38 bits per heavy atom. The number of nitriles is 1. The Balaban J connectivity index is 2.20. The van der Waals surface area contributed by atoms with Crippen LogP contribution in [0.25, 0.3) is 10.6 Å². The molecule has 0 aliphatic heterocycles. The Morgan fingerprint density at radius 2 is 2.25 bits per heavy atom. The third kappa shape index (κ3) is 2.18. The van der Waals surface area contributed by atoms with Crippen LogP contribution < -0.4 is 4.90 Å². The van der Waals surface area contributed by atoms with E-state index in [1.807, 2.05) is 36.7 Å². The zero-order valence-corrected chi connectivity index (χ0v) is 9.61. The van der Waals surface area contributed by atoms with Crippen molar-refractivity contribution >= 4 is 17.2 Å². The smallest absolute Gasteiger partial charge is 0.151 e. The minimum Gasteiger partial charge on any atom is -0.345 e. The molecule has 2 aromatic heterocycles. The summed E-state index contributed by atoms with van der Waals surface area (Å²) in [4.78, 5) is 2.85. The zero-order chi connectivity index (χ0) is 11.4. The van der Waals surface area contributed by atoms with Crippen LogP contribution >= 0.6 is 11.3 Å². The molecule has 0 radical (unpaired) electrons. The van der Waals surface area contributed by atoms with Crippen molar-refractivity contribution in [3.63, 3.8) is 0 Å². The van der Waals surface area contributed by atoms with E-state index in [0.717, 1.165) is 10.6 Å². The molecule has 2 rings (SSSR count). The van der Waals surface area contributed by atoms with Crippen LogP contribution in [-0.4, -0.2) is 23.8 Å². The largest absolute Gasteiger partial charge is 0.345 e. The summed E-state index contributed by atoms with van der Waals surface area (Å²) in [5, 5.41) is 18.8. The summed E-state index contributed by atoms with van der Waals surface area (Å²) in [6.45, 7) is 0.313. The van der Waals surface area contributed by atoms with Gasteiger partial charge in [-0.1, -0.05) is 6.07 Å². The molecule has 16 heavy (non-hydrogen) atoms. The van der Waals surface area contributed by atoms with Gasteiger partial charge in [-0.3, -0.25) is 0 Å². The summed E-state index contributed by atoms with van der Waals surface area (Å²) in [6, 6.07) is 9.85. The van der Waals surface area contributed by atoms with Gasteiger partial charge in [0.1, 0.15) is 12.2 Å². The average molecular weight is 230 g/mol. The third-order valence-electron chi connectivity index (χ3n) is 2.12. The van der Waals surface area contributed by atoms with Gasteiger partial charge in [-0.05, 0) is 23.6 Å². The molecule has 0 aliphatic carbocycles. The Morgan fingerprint density at radius 3 is 2.81 bits per heavy atom. The van der Waals surface area contributed by atoms with Gasteiger partial charge in [0.05, 0.1) is 10.9 Å². The van der Waals surface area contributed by atoms with Gasteiger partial charge in [0.25, 0.3) is 0 Å². The van der Waals surface area contributed by atoms with Gasteiger partial charge in [0.2, 0.25) is 0 Å². The highest BCUT2D eigenvalue weighted by atomic mass is 32.1. The van der Waals surface area contributed by atoms with Crippen molar-refractivity contribution in [1.82, 2.24) is 10.2 Å². The highest BCUT2D eigenvalue weighted by Gasteiger charge is 2.04. The van der Waals surface area contributed by atoms with Gasteiger partial charge in [-0.2, -0.15) is 5.26 Å². The van der Waals surface area contributed by atoms with E-state index in [4.69, 9.17) is 5.26 Å². The maximum atomic E-state index is 8.56. The molecule has 0 atom stereocenters. The van der Waals surface area contributed by atoms with Crippen LogP contribution in [0, 0.1) is 11.3 Å². The monoisotopic (exact) mass is 230 g/mol. The van der Waals surface area contributed by atoms with Crippen LogP contribution in [0.15, 0.2) is 29.6 Å². The molecule has 0 amide bonds. The maximum Gasteiger partial charge on any atom is 0.151 e. The van der Waals surface area contributed by atoms with E-state index < -0.39 is 0 Å². The molecule has 5 heteroatoms. The molecular weight excluding hydrogens is 220 g/mol. The second-order valence-electron chi connectivity index (χ2n) is 3.27. The van der Waals surface area contributed by atoms with Crippen molar-refractivity contribution in [2.45, 2.75) is 0 Å². The van der Waals surface area contributed by atoms with E-state index in [-0.39, 0.29) is 0 Å². The molecule has 0 saturated heterocycles.